The van der Waals surface area contributed by atoms with Gasteiger partial charge in [0.1, 0.15) is 5.75 Å². The molecule has 0 unspecified atom stereocenters. The highest BCUT2D eigenvalue weighted by atomic mass is 16.5. The number of anilines is 1. The number of carbonyl (C=O) groups is 1. The van der Waals surface area contributed by atoms with Crippen molar-refractivity contribution in [2.45, 2.75) is 20.0 Å². The fourth-order valence-electron chi connectivity index (χ4n) is 2.74. The quantitative estimate of drug-likeness (QED) is 0.811. The Morgan fingerprint density at radius 3 is 2.50 bits per heavy atom. The number of hydrogen-bond donors (Lipinski definition) is 0. The summed E-state index contributed by atoms with van der Waals surface area (Å²) in [5.74, 6) is 0.596. The summed E-state index contributed by atoms with van der Waals surface area (Å²) in [5.41, 5.74) is 4.19. The zero-order valence-corrected chi connectivity index (χ0v) is 12.8. The largest absolute Gasteiger partial charge is 0.494 e. The second-order valence-corrected chi connectivity index (χ2v) is 5.26. The molecule has 0 saturated carbocycles. The van der Waals surface area contributed by atoms with E-state index < -0.39 is 0 Å². The summed E-state index contributed by atoms with van der Waals surface area (Å²) in [6.45, 7) is 4.30. The average molecular weight is 297 g/mol. The van der Waals surface area contributed by atoms with E-state index >= 15 is 0 Å². The molecule has 1 aliphatic rings. The Morgan fingerprint density at radius 1 is 1.09 bits per heavy atom. The number of ether oxygens (including phenoxy) is 2. The van der Waals surface area contributed by atoms with Crippen LogP contribution in [0.15, 0.2) is 42.5 Å². The van der Waals surface area contributed by atoms with Crippen molar-refractivity contribution in [3.63, 3.8) is 0 Å². The first-order chi connectivity index (χ1) is 10.7. The minimum atomic E-state index is -0.290. The minimum absolute atomic E-state index is 0.290. The molecule has 4 heteroatoms. The second-order valence-electron chi connectivity index (χ2n) is 5.26. The number of esters is 1. The maximum absolute atomic E-state index is 11.6. The van der Waals surface area contributed by atoms with Gasteiger partial charge in [0, 0.05) is 18.8 Å². The van der Waals surface area contributed by atoms with E-state index in [2.05, 4.69) is 17.0 Å². The van der Waals surface area contributed by atoms with Gasteiger partial charge in [0.05, 0.1) is 19.3 Å². The van der Waals surface area contributed by atoms with Crippen molar-refractivity contribution < 1.29 is 14.3 Å². The Hall–Kier alpha value is -2.49. The lowest BCUT2D eigenvalue weighted by atomic mass is 10.1. The smallest absolute Gasteiger partial charge is 0.337 e. The van der Waals surface area contributed by atoms with Crippen LogP contribution in [0.2, 0.25) is 0 Å². The van der Waals surface area contributed by atoms with Gasteiger partial charge in [0.2, 0.25) is 0 Å². The second kappa shape index (κ2) is 6.10. The van der Waals surface area contributed by atoms with Crippen LogP contribution in [0.5, 0.6) is 5.75 Å². The van der Waals surface area contributed by atoms with Gasteiger partial charge in [0.25, 0.3) is 0 Å². The maximum Gasteiger partial charge on any atom is 0.337 e. The van der Waals surface area contributed by atoms with E-state index in [4.69, 9.17) is 9.47 Å². The summed E-state index contributed by atoms with van der Waals surface area (Å²) >= 11 is 0. The fraction of sp³-hybridized carbons (Fsp3) is 0.278. The van der Waals surface area contributed by atoms with Crippen LogP contribution in [0.4, 0.5) is 5.69 Å². The molecule has 2 aromatic rings. The van der Waals surface area contributed by atoms with E-state index in [1.54, 1.807) is 0 Å². The number of fused-ring (bicyclic) bond motifs is 1. The third-order valence-corrected chi connectivity index (χ3v) is 3.86. The third-order valence-electron chi connectivity index (χ3n) is 3.86. The normalized spacial score (nSPS) is 12.9. The van der Waals surface area contributed by atoms with Crippen LogP contribution in [-0.2, 0) is 17.8 Å². The lowest BCUT2D eigenvalue weighted by Crippen LogP contribution is -2.14. The Balaban J connectivity index is 1.77. The van der Waals surface area contributed by atoms with E-state index in [9.17, 15) is 4.79 Å². The molecule has 1 heterocycles. The summed E-state index contributed by atoms with van der Waals surface area (Å²) in [7, 11) is 1.40. The van der Waals surface area contributed by atoms with E-state index in [-0.39, 0.29) is 5.97 Å². The fourth-order valence-corrected chi connectivity index (χ4v) is 2.74. The first kappa shape index (κ1) is 14.4. The Bertz CT molecular complexity index is 679. The van der Waals surface area contributed by atoms with Gasteiger partial charge in [-0.25, -0.2) is 4.79 Å². The molecule has 4 nitrogen and oxygen atoms in total. The molecule has 0 aliphatic carbocycles. The number of carbonyl (C=O) groups excluding carboxylic acids is 1. The number of hydrogen-bond acceptors (Lipinski definition) is 4. The predicted molar refractivity (Wildman–Crippen MR) is 85.3 cm³/mol. The van der Waals surface area contributed by atoms with Crippen LogP contribution < -0.4 is 9.64 Å². The number of methoxy groups -OCH3 is 1. The summed E-state index contributed by atoms with van der Waals surface area (Å²) < 4.78 is 10.2. The Kier molecular flexibility index (Phi) is 4.00. The van der Waals surface area contributed by atoms with Gasteiger partial charge in [-0.05, 0) is 54.4 Å². The summed E-state index contributed by atoms with van der Waals surface area (Å²) in [5, 5.41) is 0. The third kappa shape index (κ3) is 2.77. The van der Waals surface area contributed by atoms with Gasteiger partial charge in [0.15, 0.2) is 0 Å². The summed E-state index contributed by atoms with van der Waals surface area (Å²) in [6, 6.07) is 13.9. The van der Waals surface area contributed by atoms with Gasteiger partial charge in [-0.15, -0.1) is 0 Å². The number of rotatable bonds is 4. The van der Waals surface area contributed by atoms with Gasteiger partial charge >= 0.3 is 5.97 Å². The monoisotopic (exact) mass is 297 g/mol. The van der Waals surface area contributed by atoms with E-state index in [1.165, 1.54) is 18.2 Å². The molecule has 22 heavy (non-hydrogen) atoms. The van der Waals surface area contributed by atoms with Gasteiger partial charge < -0.3 is 14.4 Å². The molecule has 0 spiro atoms. The van der Waals surface area contributed by atoms with Crippen LogP contribution in [0.3, 0.4) is 0 Å². The Morgan fingerprint density at radius 2 is 1.82 bits per heavy atom. The highest BCUT2D eigenvalue weighted by Crippen LogP contribution is 2.30. The van der Waals surface area contributed by atoms with Crippen LogP contribution in [-0.4, -0.2) is 19.7 Å². The standard InChI is InChI=1S/C18H19NO3/c1-3-22-17-8-6-16(7-9-17)19-11-14-5-4-13(18(20)21-2)10-15(14)12-19/h4-10H,3,11-12H2,1-2H3. The van der Waals surface area contributed by atoms with Crippen molar-refractivity contribution >= 4 is 11.7 Å². The molecule has 3 rings (SSSR count). The minimum Gasteiger partial charge on any atom is -0.494 e. The molecule has 0 amide bonds. The van der Waals surface area contributed by atoms with Crippen LogP contribution in [0, 0.1) is 0 Å². The molecular formula is C18H19NO3. The zero-order chi connectivity index (χ0) is 15.5. The predicted octanol–water partition coefficient (Wildman–Crippen LogP) is 3.39. The molecule has 1 aliphatic heterocycles. The summed E-state index contributed by atoms with van der Waals surface area (Å²) in [6.07, 6.45) is 0. The molecule has 0 fully saturated rings. The Labute approximate surface area is 130 Å². The first-order valence-corrected chi connectivity index (χ1v) is 7.39. The summed E-state index contributed by atoms with van der Waals surface area (Å²) in [4.78, 5) is 13.9. The number of nitrogens with zero attached hydrogens (tertiary/aromatic N) is 1. The van der Waals surface area contributed by atoms with Crippen LogP contribution in [0.25, 0.3) is 0 Å². The first-order valence-electron chi connectivity index (χ1n) is 7.39. The lowest BCUT2D eigenvalue weighted by molar-refractivity contribution is 0.0600. The molecule has 0 bridgehead atoms. The lowest BCUT2D eigenvalue weighted by Gasteiger charge is -2.18. The topological polar surface area (TPSA) is 38.8 Å². The number of benzene rings is 2. The van der Waals surface area contributed by atoms with E-state index in [1.807, 2.05) is 37.3 Å². The molecule has 0 saturated heterocycles. The van der Waals surface area contributed by atoms with Crippen molar-refractivity contribution in [1.82, 2.24) is 0 Å². The van der Waals surface area contributed by atoms with Crippen molar-refractivity contribution in [2.75, 3.05) is 18.6 Å². The van der Waals surface area contributed by atoms with E-state index in [0.717, 1.165) is 24.5 Å². The molecule has 0 aromatic heterocycles. The maximum atomic E-state index is 11.6. The molecule has 0 N–H and O–H groups in total. The van der Waals surface area contributed by atoms with Gasteiger partial charge in [-0.2, -0.15) is 0 Å². The molecule has 0 atom stereocenters. The van der Waals surface area contributed by atoms with Crippen LogP contribution in [0.1, 0.15) is 28.4 Å². The van der Waals surface area contributed by atoms with Crippen molar-refractivity contribution in [2.24, 2.45) is 0 Å². The van der Waals surface area contributed by atoms with Crippen molar-refractivity contribution in [3.8, 4) is 5.75 Å². The van der Waals surface area contributed by atoms with Gasteiger partial charge in [-0.1, -0.05) is 6.07 Å². The van der Waals surface area contributed by atoms with E-state index in [0.29, 0.717) is 12.2 Å². The van der Waals surface area contributed by atoms with Gasteiger partial charge in [-0.3, -0.25) is 0 Å². The molecular weight excluding hydrogens is 278 g/mol. The molecule has 0 radical (unpaired) electrons. The van der Waals surface area contributed by atoms with Crippen molar-refractivity contribution in [3.05, 3.63) is 59.2 Å². The average Bonchev–Trinajstić information content (AvgIpc) is 2.98. The SMILES string of the molecule is CCOc1ccc(N2Cc3ccc(C(=O)OC)cc3C2)cc1. The zero-order valence-electron chi connectivity index (χ0n) is 12.8. The molecule has 2 aromatic carbocycles. The highest BCUT2D eigenvalue weighted by Gasteiger charge is 2.20. The highest BCUT2D eigenvalue weighted by molar-refractivity contribution is 5.89. The van der Waals surface area contributed by atoms with Crippen molar-refractivity contribution in [1.29, 1.82) is 0 Å². The van der Waals surface area contributed by atoms with Crippen LogP contribution >= 0.6 is 0 Å². The molecule has 114 valence electrons.